The molecule has 0 aliphatic carbocycles. The van der Waals surface area contributed by atoms with Crippen molar-refractivity contribution in [3.05, 3.63) is 60.3 Å². The van der Waals surface area contributed by atoms with Gasteiger partial charge in [0.2, 0.25) is 0 Å². The van der Waals surface area contributed by atoms with E-state index in [-0.39, 0.29) is 11.9 Å². The number of nitrogens with zero attached hydrogens (tertiary/aromatic N) is 1. The summed E-state index contributed by atoms with van der Waals surface area (Å²) in [6.45, 7) is 2.32. The summed E-state index contributed by atoms with van der Waals surface area (Å²) in [5, 5.41) is 14.1. The number of aromatic hydroxyl groups is 1. The number of nitrogens with one attached hydrogen (secondary N) is 1. The summed E-state index contributed by atoms with van der Waals surface area (Å²) in [6.07, 6.45) is 4.81. The van der Waals surface area contributed by atoms with E-state index < -0.39 is 0 Å². The fraction of sp³-hybridized carbons (Fsp3) is 0.318. The molecule has 0 bridgehead atoms. The molecule has 2 heterocycles. The number of phenolic OH excluding ortho intramolecular Hbond substituents is 1. The van der Waals surface area contributed by atoms with Gasteiger partial charge in [-0.25, -0.2) is 0 Å². The summed E-state index contributed by atoms with van der Waals surface area (Å²) in [5.74, 6) is 1.86. The quantitative estimate of drug-likeness (QED) is 0.626. The number of pyridine rings is 1. The molecule has 1 aliphatic rings. The van der Waals surface area contributed by atoms with E-state index in [4.69, 9.17) is 9.47 Å². The molecule has 3 aromatic rings. The zero-order valence-corrected chi connectivity index (χ0v) is 15.2. The smallest absolute Gasteiger partial charge is 0.138 e. The number of aryl methyl sites for hydroxylation is 1. The molecule has 0 saturated heterocycles. The second kappa shape index (κ2) is 8.27. The molecule has 2 N–H and O–H groups in total. The third-order valence-corrected chi connectivity index (χ3v) is 4.78. The predicted molar refractivity (Wildman–Crippen MR) is 106 cm³/mol. The average molecular weight is 364 g/mol. The summed E-state index contributed by atoms with van der Waals surface area (Å²) >= 11 is 0. The second-order valence-corrected chi connectivity index (χ2v) is 6.84. The van der Waals surface area contributed by atoms with E-state index in [1.165, 1.54) is 5.56 Å². The van der Waals surface area contributed by atoms with Gasteiger partial charge in [-0.1, -0.05) is 24.3 Å². The van der Waals surface area contributed by atoms with Crippen LogP contribution in [0.5, 0.6) is 17.2 Å². The molecule has 5 heteroatoms. The lowest BCUT2D eigenvalue weighted by Gasteiger charge is -2.26. The maximum Gasteiger partial charge on any atom is 0.138 e. The van der Waals surface area contributed by atoms with E-state index in [1.807, 2.05) is 36.4 Å². The first-order valence-corrected chi connectivity index (χ1v) is 9.45. The Labute approximate surface area is 159 Å². The molecule has 1 aromatic heterocycles. The van der Waals surface area contributed by atoms with Gasteiger partial charge in [-0.2, -0.15) is 0 Å². The van der Waals surface area contributed by atoms with Gasteiger partial charge in [0, 0.05) is 18.0 Å². The SMILES string of the molecule is Oc1ccc2c(c1)OC(CNCCCOc1cnc3ccccc3c1)CC2. The van der Waals surface area contributed by atoms with Gasteiger partial charge in [0.05, 0.1) is 18.3 Å². The molecule has 0 fully saturated rings. The van der Waals surface area contributed by atoms with Crippen LogP contribution < -0.4 is 14.8 Å². The minimum Gasteiger partial charge on any atom is -0.508 e. The van der Waals surface area contributed by atoms with Crippen molar-refractivity contribution in [3.8, 4) is 17.2 Å². The Bertz CT molecular complexity index is 913. The van der Waals surface area contributed by atoms with Crippen molar-refractivity contribution < 1.29 is 14.6 Å². The van der Waals surface area contributed by atoms with Crippen molar-refractivity contribution in [1.82, 2.24) is 10.3 Å². The number of ether oxygens (including phenoxy) is 2. The molecule has 27 heavy (non-hydrogen) atoms. The van der Waals surface area contributed by atoms with Crippen LogP contribution in [0.4, 0.5) is 0 Å². The first-order valence-electron chi connectivity index (χ1n) is 9.45. The van der Waals surface area contributed by atoms with Gasteiger partial charge in [0.15, 0.2) is 0 Å². The molecule has 2 aromatic carbocycles. The van der Waals surface area contributed by atoms with E-state index in [0.29, 0.717) is 6.61 Å². The highest BCUT2D eigenvalue weighted by atomic mass is 16.5. The van der Waals surface area contributed by atoms with Crippen molar-refractivity contribution in [3.63, 3.8) is 0 Å². The summed E-state index contributed by atoms with van der Waals surface area (Å²) in [6, 6.07) is 15.4. The Morgan fingerprint density at radius 3 is 3.07 bits per heavy atom. The number of hydrogen-bond donors (Lipinski definition) is 2. The Hall–Kier alpha value is -2.79. The van der Waals surface area contributed by atoms with Crippen molar-refractivity contribution in [2.45, 2.75) is 25.4 Å². The highest BCUT2D eigenvalue weighted by Crippen LogP contribution is 2.30. The third kappa shape index (κ3) is 4.49. The zero-order chi connectivity index (χ0) is 18.5. The van der Waals surface area contributed by atoms with Crippen molar-refractivity contribution in [2.24, 2.45) is 0 Å². The maximum absolute atomic E-state index is 9.59. The normalized spacial score (nSPS) is 15.9. The molecule has 1 atom stereocenters. The van der Waals surface area contributed by atoms with Crippen LogP contribution in [0.2, 0.25) is 0 Å². The highest BCUT2D eigenvalue weighted by Gasteiger charge is 2.19. The number of fused-ring (bicyclic) bond motifs is 2. The molecule has 1 aliphatic heterocycles. The van der Waals surface area contributed by atoms with Gasteiger partial charge in [0.25, 0.3) is 0 Å². The predicted octanol–water partition coefficient (Wildman–Crippen LogP) is 3.69. The van der Waals surface area contributed by atoms with Crippen LogP contribution in [0.1, 0.15) is 18.4 Å². The lowest BCUT2D eigenvalue weighted by atomic mass is 10.0. The second-order valence-electron chi connectivity index (χ2n) is 6.84. The molecule has 1 unspecified atom stereocenters. The Kier molecular flexibility index (Phi) is 5.39. The molecule has 0 spiro atoms. The van der Waals surface area contributed by atoms with Gasteiger partial charge in [-0.15, -0.1) is 0 Å². The monoisotopic (exact) mass is 364 g/mol. The van der Waals surface area contributed by atoms with Gasteiger partial charge in [-0.05, 0) is 49.6 Å². The average Bonchev–Trinajstić information content (AvgIpc) is 2.70. The van der Waals surface area contributed by atoms with E-state index in [9.17, 15) is 5.11 Å². The van der Waals surface area contributed by atoms with Crippen molar-refractivity contribution in [1.29, 1.82) is 0 Å². The van der Waals surface area contributed by atoms with E-state index >= 15 is 0 Å². The van der Waals surface area contributed by atoms with E-state index in [0.717, 1.165) is 54.8 Å². The number of para-hydroxylation sites is 1. The van der Waals surface area contributed by atoms with Crippen LogP contribution in [0, 0.1) is 0 Å². The molecule has 0 amide bonds. The summed E-state index contributed by atoms with van der Waals surface area (Å²) in [5.41, 5.74) is 2.15. The fourth-order valence-electron chi connectivity index (χ4n) is 3.34. The minimum absolute atomic E-state index is 0.143. The van der Waals surface area contributed by atoms with Crippen LogP contribution in [-0.4, -0.2) is 35.9 Å². The first kappa shape index (κ1) is 17.6. The number of aromatic nitrogens is 1. The molecule has 0 saturated carbocycles. The molecule has 0 radical (unpaired) electrons. The van der Waals surface area contributed by atoms with Gasteiger partial charge < -0.3 is 19.9 Å². The number of hydrogen-bond acceptors (Lipinski definition) is 5. The highest BCUT2D eigenvalue weighted by molar-refractivity contribution is 5.79. The lowest BCUT2D eigenvalue weighted by Crippen LogP contribution is -2.34. The molecular weight excluding hydrogens is 340 g/mol. The summed E-state index contributed by atoms with van der Waals surface area (Å²) in [4.78, 5) is 4.41. The number of benzene rings is 2. The van der Waals surface area contributed by atoms with E-state index in [1.54, 1.807) is 18.3 Å². The standard InChI is InChI=1S/C22H24N2O3/c25-18-8-6-16-7-9-19(27-22(16)13-18)14-23-10-3-11-26-20-12-17-4-1-2-5-21(17)24-15-20/h1-2,4-6,8,12-13,15,19,23,25H,3,7,9-11,14H2. The topological polar surface area (TPSA) is 63.6 Å². The lowest BCUT2D eigenvalue weighted by molar-refractivity contribution is 0.169. The zero-order valence-electron chi connectivity index (χ0n) is 15.2. The molecule has 5 nitrogen and oxygen atoms in total. The number of rotatable bonds is 7. The van der Waals surface area contributed by atoms with Crippen LogP contribution in [0.3, 0.4) is 0 Å². The van der Waals surface area contributed by atoms with Gasteiger partial charge in [0.1, 0.15) is 23.4 Å². The molecule has 140 valence electrons. The van der Waals surface area contributed by atoms with Crippen LogP contribution in [0.25, 0.3) is 10.9 Å². The molecular formula is C22H24N2O3. The Balaban J connectivity index is 1.16. The number of phenols is 1. The van der Waals surface area contributed by atoms with Crippen LogP contribution in [0.15, 0.2) is 54.7 Å². The van der Waals surface area contributed by atoms with Gasteiger partial charge in [-0.3, -0.25) is 4.98 Å². The summed E-state index contributed by atoms with van der Waals surface area (Å²) in [7, 11) is 0. The van der Waals surface area contributed by atoms with E-state index in [2.05, 4.69) is 10.3 Å². The van der Waals surface area contributed by atoms with Crippen molar-refractivity contribution in [2.75, 3.05) is 19.7 Å². The first-order chi connectivity index (χ1) is 13.3. The minimum atomic E-state index is 0.143. The largest absolute Gasteiger partial charge is 0.508 e. The fourth-order valence-corrected chi connectivity index (χ4v) is 3.34. The Morgan fingerprint density at radius 2 is 2.11 bits per heavy atom. The van der Waals surface area contributed by atoms with Crippen LogP contribution >= 0.6 is 0 Å². The van der Waals surface area contributed by atoms with Crippen LogP contribution in [-0.2, 0) is 6.42 Å². The Morgan fingerprint density at radius 1 is 1.19 bits per heavy atom. The maximum atomic E-state index is 9.59. The third-order valence-electron chi connectivity index (χ3n) is 4.78. The van der Waals surface area contributed by atoms with Crippen molar-refractivity contribution >= 4 is 10.9 Å². The van der Waals surface area contributed by atoms with Gasteiger partial charge >= 0.3 is 0 Å². The molecule has 4 rings (SSSR count). The summed E-state index contributed by atoms with van der Waals surface area (Å²) < 4.78 is 11.8.